The lowest BCUT2D eigenvalue weighted by Gasteiger charge is -2.19. The number of carboxylic acid groups (broad SMARTS) is 1. The molecule has 2 amide bonds. The number of hydrogen-bond acceptors (Lipinski definition) is 12. The van der Waals surface area contributed by atoms with Crippen molar-refractivity contribution < 1.29 is 42.2 Å². The number of aliphatic carboxylic acids is 1. The summed E-state index contributed by atoms with van der Waals surface area (Å²) < 4.78 is 44.5. The summed E-state index contributed by atoms with van der Waals surface area (Å²) in [5.41, 5.74) is 2.86. The Morgan fingerprint density at radius 2 is 1.61 bits per heavy atom. The van der Waals surface area contributed by atoms with Crippen LogP contribution in [0.3, 0.4) is 0 Å². The van der Waals surface area contributed by atoms with Gasteiger partial charge in [0.05, 0.1) is 5.54 Å². The van der Waals surface area contributed by atoms with E-state index in [9.17, 15) is 37.5 Å². The molecule has 0 bridgehead atoms. The van der Waals surface area contributed by atoms with Crippen LogP contribution in [0.15, 0.2) is 61.2 Å². The Morgan fingerprint density at radius 1 is 0.959 bits per heavy atom. The molecule has 0 aliphatic heterocycles. The molecule has 2 heterocycles. The van der Waals surface area contributed by atoms with E-state index in [1.165, 1.54) is 24.3 Å². The average molecular weight is 703 g/mol. The van der Waals surface area contributed by atoms with Gasteiger partial charge in [-0.3, -0.25) is 19.8 Å². The van der Waals surface area contributed by atoms with E-state index >= 15 is 0 Å². The second-order valence-corrected chi connectivity index (χ2v) is 11.2. The summed E-state index contributed by atoms with van der Waals surface area (Å²) in [6, 6.07) is 10.5. The predicted molar refractivity (Wildman–Crippen MR) is 165 cm³/mol. The van der Waals surface area contributed by atoms with Gasteiger partial charge in [-0.05, 0) is 61.2 Å². The maximum Gasteiger partial charge on any atom is 0.422 e. The number of ether oxygens (including phenoxy) is 1. The number of carbonyl (C=O) groups excluding carboxylic acids is 3. The van der Waals surface area contributed by atoms with Crippen molar-refractivity contribution in [3.8, 4) is 6.01 Å². The summed E-state index contributed by atoms with van der Waals surface area (Å²) in [7, 11) is 0. The summed E-state index contributed by atoms with van der Waals surface area (Å²) in [4.78, 5) is 60.9. The number of carboxylic acids is 1. The minimum atomic E-state index is -4.65. The molecule has 0 spiro atoms. The molecule has 20 heteroatoms. The quantitative estimate of drug-likeness (QED) is 0.113. The number of carbonyl (C=O) groups is 4. The molecule has 49 heavy (non-hydrogen) atoms. The molecule has 0 unspecified atom stereocenters. The highest BCUT2D eigenvalue weighted by Crippen LogP contribution is 2.48. The van der Waals surface area contributed by atoms with E-state index < -0.39 is 60.4 Å². The molecule has 1 atom stereocenters. The zero-order chi connectivity index (χ0) is 35.2. The first kappa shape index (κ1) is 34.5. The number of halogens is 4. The van der Waals surface area contributed by atoms with E-state index in [2.05, 4.69) is 46.5 Å². The molecule has 0 saturated heterocycles. The van der Waals surface area contributed by atoms with Gasteiger partial charge in [-0.2, -0.15) is 28.1 Å². The molecule has 1 aliphatic carbocycles. The van der Waals surface area contributed by atoms with Crippen LogP contribution in [0.1, 0.15) is 41.6 Å². The first-order chi connectivity index (χ1) is 23.3. The number of amides is 2. The number of rotatable bonds is 15. The van der Waals surface area contributed by atoms with E-state index in [1.807, 2.05) is 12.1 Å². The Morgan fingerprint density at radius 3 is 2.22 bits per heavy atom. The predicted octanol–water partition coefficient (Wildman–Crippen LogP) is 3.21. The van der Waals surface area contributed by atoms with Gasteiger partial charge in [-0.1, -0.05) is 23.7 Å². The van der Waals surface area contributed by atoms with Crippen molar-refractivity contribution >= 4 is 52.8 Å². The van der Waals surface area contributed by atoms with E-state index in [0.717, 1.165) is 22.9 Å². The molecule has 2 aromatic heterocycles. The lowest BCUT2D eigenvalue weighted by atomic mass is 10.1. The fraction of sp³-hybridized carbons (Fsp3) is 0.276. The number of nitrogens with zero attached hydrogens (tertiary/aromatic N) is 6. The van der Waals surface area contributed by atoms with Crippen LogP contribution in [0.5, 0.6) is 6.01 Å². The summed E-state index contributed by atoms with van der Waals surface area (Å²) in [5, 5.41) is 25.3. The van der Waals surface area contributed by atoms with Crippen LogP contribution in [0.4, 0.5) is 30.8 Å². The fourth-order valence-electron chi connectivity index (χ4n) is 4.43. The van der Waals surface area contributed by atoms with Crippen LogP contribution >= 0.6 is 11.6 Å². The molecule has 256 valence electrons. The number of anilines is 3. The van der Waals surface area contributed by atoms with E-state index in [1.54, 1.807) is 12.1 Å². The summed E-state index contributed by atoms with van der Waals surface area (Å²) >= 11 is 6.00. The van der Waals surface area contributed by atoms with Gasteiger partial charge in [0.15, 0.2) is 6.61 Å². The number of Topliss-reactive ketones (excluding diaryl/α,β-unsaturated/α-hetero) is 1. The summed E-state index contributed by atoms with van der Waals surface area (Å²) in [5.74, 6) is -4.37. The third kappa shape index (κ3) is 9.60. The van der Waals surface area contributed by atoms with Crippen molar-refractivity contribution in [1.82, 2.24) is 35.1 Å². The molecule has 1 saturated carbocycles. The topological polar surface area (TPSA) is 215 Å². The molecule has 4 aromatic rings. The lowest BCUT2D eigenvalue weighted by Crippen LogP contribution is -2.41. The Kier molecular flexibility index (Phi) is 10.2. The van der Waals surface area contributed by atoms with Crippen LogP contribution in [-0.4, -0.2) is 77.3 Å². The average Bonchev–Trinajstić information content (AvgIpc) is 3.64. The first-order valence-electron chi connectivity index (χ1n) is 14.4. The third-order valence-corrected chi connectivity index (χ3v) is 7.30. The molecule has 5 N–H and O–H groups in total. The van der Waals surface area contributed by atoms with Crippen LogP contribution < -0.4 is 26.1 Å². The number of benzene rings is 2. The Balaban J connectivity index is 1.23. The second-order valence-electron chi connectivity index (χ2n) is 10.7. The molecule has 2 aromatic carbocycles. The van der Waals surface area contributed by atoms with Gasteiger partial charge < -0.3 is 25.8 Å². The smallest absolute Gasteiger partial charge is 0.422 e. The van der Waals surface area contributed by atoms with Crippen molar-refractivity contribution in [2.24, 2.45) is 0 Å². The van der Waals surface area contributed by atoms with Crippen LogP contribution in [0, 0.1) is 0 Å². The van der Waals surface area contributed by atoms with Crippen molar-refractivity contribution in [3.05, 3.63) is 77.3 Å². The SMILES string of the molecule is O=C(CC[C@H](NC(=O)c1ccc(Nc2nc(NC3(c4ccc(Cl)cc4)CC3)nc(OCC(F)(F)F)n2)cc1)C(=O)O)C(=O)Nn1cnnc1. The fourth-order valence-corrected chi connectivity index (χ4v) is 4.56. The zero-order valence-electron chi connectivity index (χ0n) is 25.1. The van der Waals surface area contributed by atoms with Crippen LogP contribution in [0.2, 0.25) is 5.02 Å². The summed E-state index contributed by atoms with van der Waals surface area (Å²) in [6.45, 7) is -1.63. The molecule has 5 rings (SSSR count). The number of ketones is 1. The molecule has 1 aliphatic rings. The minimum absolute atomic E-state index is 0.0410. The molecule has 16 nitrogen and oxygen atoms in total. The largest absolute Gasteiger partial charge is 0.480 e. The monoisotopic (exact) mass is 702 g/mol. The van der Waals surface area contributed by atoms with E-state index in [0.29, 0.717) is 23.6 Å². The molecular weight excluding hydrogens is 677 g/mol. The highest BCUT2D eigenvalue weighted by molar-refractivity contribution is 6.39. The Hall–Kier alpha value is -5.85. The van der Waals surface area contributed by atoms with E-state index in [4.69, 9.17) is 16.3 Å². The molecule has 0 radical (unpaired) electrons. The summed E-state index contributed by atoms with van der Waals surface area (Å²) in [6.07, 6.45) is -1.82. The van der Waals surface area contributed by atoms with Crippen molar-refractivity contribution in [1.29, 1.82) is 0 Å². The first-order valence-corrected chi connectivity index (χ1v) is 14.8. The second kappa shape index (κ2) is 14.5. The highest BCUT2D eigenvalue weighted by Gasteiger charge is 2.45. The maximum absolute atomic E-state index is 12.9. The number of hydrogen-bond donors (Lipinski definition) is 5. The Labute approximate surface area is 279 Å². The van der Waals surface area contributed by atoms with Crippen LogP contribution in [0.25, 0.3) is 0 Å². The highest BCUT2D eigenvalue weighted by atomic mass is 35.5. The van der Waals surface area contributed by atoms with Gasteiger partial charge >= 0.3 is 24.1 Å². The number of aromatic nitrogens is 6. The minimum Gasteiger partial charge on any atom is -0.480 e. The van der Waals surface area contributed by atoms with E-state index in [-0.39, 0.29) is 23.9 Å². The van der Waals surface area contributed by atoms with Gasteiger partial charge in [-0.25, -0.2) is 9.47 Å². The van der Waals surface area contributed by atoms with Gasteiger partial charge in [0.25, 0.3) is 5.91 Å². The van der Waals surface area contributed by atoms with Gasteiger partial charge in [0.1, 0.15) is 18.7 Å². The Bertz CT molecular complexity index is 1820. The standard InChI is InChI=1S/C29H26ClF3N10O6/c30-18-5-3-17(4-6-18)28(11-12-28)41-26-38-25(39-27(40-26)49-13-29(31,32)33)36-19-7-1-16(2-8-19)22(45)37-20(24(47)48)9-10-21(44)23(46)42-43-14-34-35-15-43/h1-8,14-15,20H,9-13H2,(H,37,45)(H,42,46)(H,47,48)(H2,36,38,39,40,41)/t20-/m0/s1. The molecule has 1 fully saturated rings. The van der Waals surface area contributed by atoms with Crippen LogP contribution in [-0.2, 0) is 19.9 Å². The zero-order valence-corrected chi connectivity index (χ0v) is 25.8. The maximum atomic E-state index is 12.9. The normalized spacial score (nSPS) is 13.9. The van der Waals surface area contributed by atoms with Crippen molar-refractivity contribution in [2.45, 2.75) is 43.4 Å². The van der Waals surface area contributed by atoms with Crippen molar-refractivity contribution in [2.75, 3.05) is 22.7 Å². The van der Waals surface area contributed by atoms with Gasteiger partial charge in [-0.15, -0.1) is 10.2 Å². The third-order valence-electron chi connectivity index (χ3n) is 7.05. The number of alkyl halides is 3. The van der Waals surface area contributed by atoms with Gasteiger partial charge in [0.2, 0.25) is 17.7 Å². The molecular formula is C29H26ClF3N10O6. The van der Waals surface area contributed by atoms with Gasteiger partial charge in [0, 0.05) is 22.7 Å². The van der Waals surface area contributed by atoms with Crippen molar-refractivity contribution in [3.63, 3.8) is 0 Å². The number of nitrogens with one attached hydrogen (secondary N) is 4. The lowest BCUT2D eigenvalue weighted by molar-refractivity contribution is -0.154.